The number of aliphatic hydroxyl groups excluding tert-OH is 1. The van der Waals surface area contributed by atoms with Gasteiger partial charge in [-0.05, 0) is 42.3 Å². The van der Waals surface area contributed by atoms with Gasteiger partial charge < -0.3 is 15.2 Å². The Balaban J connectivity index is 1.82. The molecule has 0 aliphatic heterocycles. The van der Waals surface area contributed by atoms with E-state index in [-0.39, 0.29) is 0 Å². The van der Waals surface area contributed by atoms with E-state index in [2.05, 4.69) is 10.3 Å². The third kappa shape index (κ3) is 4.33. The second-order valence-corrected chi connectivity index (χ2v) is 4.51. The van der Waals surface area contributed by atoms with Crippen LogP contribution >= 0.6 is 0 Å². The number of aliphatic hydroxyl groups is 1. The number of nitrogens with one attached hydrogen (secondary N) is 1. The summed E-state index contributed by atoms with van der Waals surface area (Å²) in [6, 6.07) is 11.6. The van der Waals surface area contributed by atoms with E-state index in [9.17, 15) is 5.11 Å². The molecule has 1 atom stereocenters. The van der Waals surface area contributed by atoms with Gasteiger partial charge in [0, 0.05) is 25.5 Å². The molecule has 20 heavy (non-hydrogen) atoms. The zero-order valence-electron chi connectivity index (χ0n) is 11.6. The van der Waals surface area contributed by atoms with Crippen LogP contribution in [0.5, 0.6) is 5.75 Å². The minimum Gasteiger partial charge on any atom is -0.494 e. The first kappa shape index (κ1) is 14.5. The van der Waals surface area contributed by atoms with Crippen LogP contribution in [0, 0.1) is 0 Å². The van der Waals surface area contributed by atoms with Gasteiger partial charge in [-0.25, -0.2) is 0 Å². The molecule has 106 valence electrons. The summed E-state index contributed by atoms with van der Waals surface area (Å²) in [4.78, 5) is 3.94. The molecule has 2 rings (SSSR count). The number of hydrogen-bond acceptors (Lipinski definition) is 4. The lowest BCUT2D eigenvalue weighted by Crippen LogP contribution is -2.21. The summed E-state index contributed by atoms with van der Waals surface area (Å²) in [5, 5.41) is 13.3. The van der Waals surface area contributed by atoms with Gasteiger partial charge in [-0.2, -0.15) is 0 Å². The number of nitrogens with zero attached hydrogens (tertiary/aromatic N) is 1. The highest BCUT2D eigenvalue weighted by molar-refractivity contribution is 5.28. The Hall–Kier alpha value is -1.91. The summed E-state index contributed by atoms with van der Waals surface area (Å²) in [7, 11) is 0. The predicted molar refractivity (Wildman–Crippen MR) is 78.5 cm³/mol. The topological polar surface area (TPSA) is 54.4 Å². The van der Waals surface area contributed by atoms with Crippen LogP contribution in [0.3, 0.4) is 0 Å². The summed E-state index contributed by atoms with van der Waals surface area (Å²) < 4.78 is 5.46. The van der Waals surface area contributed by atoms with Crippen molar-refractivity contribution in [1.29, 1.82) is 0 Å². The zero-order chi connectivity index (χ0) is 14.2. The van der Waals surface area contributed by atoms with E-state index in [1.165, 1.54) is 0 Å². The van der Waals surface area contributed by atoms with Gasteiger partial charge in [0.15, 0.2) is 0 Å². The second-order valence-electron chi connectivity index (χ2n) is 4.51. The van der Waals surface area contributed by atoms with Crippen molar-refractivity contribution in [2.75, 3.05) is 13.2 Å². The number of hydrogen-bond donors (Lipinski definition) is 2. The van der Waals surface area contributed by atoms with E-state index in [4.69, 9.17) is 4.74 Å². The van der Waals surface area contributed by atoms with E-state index in [0.717, 1.165) is 16.9 Å². The molecule has 1 aromatic heterocycles. The molecule has 2 aromatic rings. The maximum Gasteiger partial charge on any atom is 0.119 e. The minimum atomic E-state index is -0.520. The van der Waals surface area contributed by atoms with E-state index in [0.29, 0.717) is 19.7 Å². The third-order valence-electron chi connectivity index (χ3n) is 2.97. The van der Waals surface area contributed by atoms with Crippen LogP contribution in [-0.4, -0.2) is 23.2 Å². The van der Waals surface area contributed by atoms with Crippen molar-refractivity contribution in [3.8, 4) is 5.75 Å². The fraction of sp³-hybridized carbons (Fsp3) is 0.312. The minimum absolute atomic E-state index is 0.503. The molecule has 2 N–H and O–H groups in total. The van der Waals surface area contributed by atoms with Crippen LogP contribution < -0.4 is 10.1 Å². The highest BCUT2D eigenvalue weighted by atomic mass is 16.5. The average molecular weight is 272 g/mol. The van der Waals surface area contributed by atoms with Crippen molar-refractivity contribution in [2.45, 2.75) is 19.6 Å². The van der Waals surface area contributed by atoms with Crippen LogP contribution in [0.2, 0.25) is 0 Å². The average Bonchev–Trinajstić information content (AvgIpc) is 2.49. The molecule has 0 aliphatic rings. The number of benzene rings is 1. The van der Waals surface area contributed by atoms with Crippen LogP contribution in [0.1, 0.15) is 24.2 Å². The van der Waals surface area contributed by atoms with Gasteiger partial charge >= 0.3 is 0 Å². The molecule has 0 fully saturated rings. The SMILES string of the molecule is CCOc1cccc(CNCC(O)c2ccncc2)c1. The molecule has 0 aliphatic carbocycles. The zero-order valence-corrected chi connectivity index (χ0v) is 11.6. The highest BCUT2D eigenvalue weighted by Gasteiger charge is 2.06. The number of rotatable bonds is 7. The number of aromatic nitrogens is 1. The lowest BCUT2D eigenvalue weighted by atomic mass is 10.1. The first-order valence-electron chi connectivity index (χ1n) is 6.80. The molecule has 4 nitrogen and oxygen atoms in total. The van der Waals surface area contributed by atoms with Crippen molar-refractivity contribution < 1.29 is 9.84 Å². The molecular weight excluding hydrogens is 252 g/mol. The Morgan fingerprint density at radius 1 is 1.25 bits per heavy atom. The molecule has 0 bridgehead atoms. The van der Waals surface area contributed by atoms with E-state index in [1.54, 1.807) is 12.4 Å². The molecule has 0 saturated heterocycles. The maximum absolute atomic E-state index is 10.0. The Labute approximate surface area is 119 Å². The smallest absolute Gasteiger partial charge is 0.119 e. The molecule has 1 unspecified atom stereocenters. The van der Waals surface area contributed by atoms with Gasteiger partial charge in [-0.1, -0.05) is 12.1 Å². The molecule has 0 radical (unpaired) electrons. The van der Waals surface area contributed by atoms with E-state index >= 15 is 0 Å². The molecule has 1 aromatic carbocycles. The molecular formula is C16H20N2O2. The highest BCUT2D eigenvalue weighted by Crippen LogP contribution is 2.14. The van der Waals surface area contributed by atoms with Crippen LogP contribution in [0.15, 0.2) is 48.8 Å². The molecule has 0 amide bonds. The second kappa shape index (κ2) is 7.62. The van der Waals surface area contributed by atoms with E-state index < -0.39 is 6.10 Å². The van der Waals surface area contributed by atoms with Crippen molar-refractivity contribution in [1.82, 2.24) is 10.3 Å². The molecule has 1 heterocycles. The normalized spacial score (nSPS) is 12.1. The van der Waals surface area contributed by atoms with Gasteiger partial charge in [0.2, 0.25) is 0 Å². The van der Waals surface area contributed by atoms with Crippen molar-refractivity contribution in [3.63, 3.8) is 0 Å². The summed E-state index contributed by atoms with van der Waals surface area (Å²) in [6.07, 6.45) is 2.85. The molecule has 4 heteroatoms. The van der Waals surface area contributed by atoms with Crippen LogP contribution in [0.4, 0.5) is 0 Å². The third-order valence-corrected chi connectivity index (χ3v) is 2.97. The lowest BCUT2D eigenvalue weighted by Gasteiger charge is -2.12. The fourth-order valence-electron chi connectivity index (χ4n) is 1.97. The Morgan fingerprint density at radius 3 is 2.80 bits per heavy atom. The van der Waals surface area contributed by atoms with Crippen molar-refractivity contribution in [3.05, 3.63) is 59.9 Å². The Bertz CT molecular complexity index is 517. The van der Waals surface area contributed by atoms with Gasteiger partial charge in [0.1, 0.15) is 5.75 Å². The van der Waals surface area contributed by atoms with Crippen LogP contribution in [0.25, 0.3) is 0 Å². The molecule has 0 spiro atoms. The first-order chi connectivity index (χ1) is 9.79. The molecule has 0 saturated carbocycles. The predicted octanol–water partition coefficient (Wildman–Crippen LogP) is 2.30. The van der Waals surface area contributed by atoms with Gasteiger partial charge in [0.05, 0.1) is 12.7 Å². The van der Waals surface area contributed by atoms with Crippen molar-refractivity contribution >= 4 is 0 Å². The van der Waals surface area contributed by atoms with Crippen LogP contribution in [-0.2, 0) is 6.54 Å². The Kier molecular flexibility index (Phi) is 5.53. The monoisotopic (exact) mass is 272 g/mol. The summed E-state index contributed by atoms with van der Waals surface area (Å²) in [5.74, 6) is 0.876. The van der Waals surface area contributed by atoms with Crippen molar-refractivity contribution in [2.24, 2.45) is 0 Å². The standard InChI is InChI=1S/C16H20N2O2/c1-2-20-15-5-3-4-13(10-15)11-18-12-16(19)14-6-8-17-9-7-14/h3-10,16,18-19H,2,11-12H2,1H3. The number of ether oxygens (including phenoxy) is 1. The fourth-order valence-corrected chi connectivity index (χ4v) is 1.97. The lowest BCUT2D eigenvalue weighted by molar-refractivity contribution is 0.174. The van der Waals surface area contributed by atoms with Gasteiger partial charge in [-0.3, -0.25) is 4.98 Å². The Morgan fingerprint density at radius 2 is 2.05 bits per heavy atom. The van der Waals surface area contributed by atoms with E-state index in [1.807, 2.05) is 43.3 Å². The quantitative estimate of drug-likeness (QED) is 0.812. The summed E-state index contributed by atoms with van der Waals surface area (Å²) in [6.45, 7) is 3.83. The van der Waals surface area contributed by atoms with Gasteiger partial charge in [0.25, 0.3) is 0 Å². The first-order valence-corrected chi connectivity index (χ1v) is 6.80. The number of pyridine rings is 1. The maximum atomic E-state index is 10.0. The van der Waals surface area contributed by atoms with Gasteiger partial charge in [-0.15, -0.1) is 0 Å². The largest absolute Gasteiger partial charge is 0.494 e. The summed E-state index contributed by atoms with van der Waals surface area (Å²) in [5.41, 5.74) is 2.01. The summed E-state index contributed by atoms with van der Waals surface area (Å²) >= 11 is 0.